The van der Waals surface area contributed by atoms with Gasteiger partial charge in [-0.25, -0.2) is 0 Å². The zero-order valence-corrected chi connectivity index (χ0v) is 14.2. The molecule has 0 amide bonds. The third kappa shape index (κ3) is 4.65. The molecule has 0 fully saturated rings. The van der Waals surface area contributed by atoms with Gasteiger partial charge in [0.15, 0.2) is 11.5 Å². The number of benzene rings is 2. The van der Waals surface area contributed by atoms with Crippen molar-refractivity contribution in [3.05, 3.63) is 48.0 Å². The lowest BCUT2D eigenvalue weighted by atomic mass is 10.1. The Bertz CT molecular complexity index is 681. The van der Waals surface area contributed by atoms with Crippen molar-refractivity contribution in [1.82, 2.24) is 0 Å². The number of hydrogen-bond acceptors (Lipinski definition) is 5. The van der Waals surface area contributed by atoms with Gasteiger partial charge < -0.3 is 18.9 Å². The van der Waals surface area contributed by atoms with Crippen LogP contribution in [0.15, 0.2) is 42.5 Å². The summed E-state index contributed by atoms with van der Waals surface area (Å²) in [5.74, 6) is 2.11. The summed E-state index contributed by atoms with van der Waals surface area (Å²) >= 11 is 0. The highest BCUT2D eigenvalue weighted by atomic mass is 16.6. The Kier molecular flexibility index (Phi) is 6.49. The molecule has 0 aliphatic rings. The molecule has 0 saturated carbocycles. The summed E-state index contributed by atoms with van der Waals surface area (Å²) in [6, 6.07) is 12.6. The molecule has 5 nitrogen and oxygen atoms in total. The zero-order valence-electron chi connectivity index (χ0n) is 14.2. The predicted molar refractivity (Wildman–Crippen MR) is 91.1 cm³/mol. The fraction of sp³-hybridized carbons (Fsp3) is 0.316. The summed E-state index contributed by atoms with van der Waals surface area (Å²) in [7, 11) is 3.20. The van der Waals surface area contributed by atoms with Crippen molar-refractivity contribution in [3.8, 4) is 23.0 Å². The molecule has 2 rings (SSSR count). The van der Waals surface area contributed by atoms with Gasteiger partial charge in [-0.1, -0.05) is 12.1 Å². The Labute approximate surface area is 142 Å². The molecule has 0 saturated heterocycles. The van der Waals surface area contributed by atoms with Crippen molar-refractivity contribution in [1.29, 1.82) is 0 Å². The number of rotatable bonds is 8. The summed E-state index contributed by atoms with van der Waals surface area (Å²) in [5, 5.41) is 0. The molecule has 24 heavy (non-hydrogen) atoms. The first-order valence-electron chi connectivity index (χ1n) is 7.81. The van der Waals surface area contributed by atoms with Gasteiger partial charge >= 0.3 is 5.97 Å². The highest BCUT2D eigenvalue weighted by molar-refractivity contribution is 5.73. The molecule has 128 valence electrons. The Morgan fingerprint density at radius 3 is 2.38 bits per heavy atom. The molecule has 5 heteroatoms. The van der Waals surface area contributed by atoms with Crippen LogP contribution >= 0.6 is 0 Å². The van der Waals surface area contributed by atoms with E-state index in [2.05, 4.69) is 0 Å². The summed E-state index contributed by atoms with van der Waals surface area (Å²) in [4.78, 5) is 12.1. The van der Waals surface area contributed by atoms with Gasteiger partial charge in [-0.05, 0) is 49.2 Å². The van der Waals surface area contributed by atoms with Crippen LogP contribution in [-0.2, 0) is 11.2 Å². The van der Waals surface area contributed by atoms with Crippen molar-refractivity contribution < 1.29 is 23.7 Å². The number of esters is 1. The minimum Gasteiger partial charge on any atom is -0.497 e. The first-order valence-corrected chi connectivity index (χ1v) is 7.81. The quantitative estimate of drug-likeness (QED) is 0.546. The maximum absolute atomic E-state index is 12.1. The van der Waals surface area contributed by atoms with Gasteiger partial charge in [0.1, 0.15) is 11.5 Å². The van der Waals surface area contributed by atoms with Crippen molar-refractivity contribution in [2.24, 2.45) is 0 Å². The molecule has 0 aliphatic carbocycles. The average Bonchev–Trinajstić information content (AvgIpc) is 2.61. The molecular weight excluding hydrogens is 308 g/mol. The Hall–Kier alpha value is -2.69. The second-order valence-electron chi connectivity index (χ2n) is 5.03. The molecule has 0 N–H and O–H groups in total. The Balaban J connectivity index is 2.01. The molecule has 2 aromatic rings. The minimum atomic E-state index is -0.327. The summed E-state index contributed by atoms with van der Waals surface area (Å²) in [6.45, 7) is 2.39. The van der Waals surface area contributed by atoms with Gasteiger partial charge in [-0.15, -0.1) is 0 Å². The first-order chi connectivity index (χ1) is 11.7. The smallest absolute Gasteiger partial charge is 0.311 e. The van der Waals surface area contributed by atoms with Crippen LogP contribution in [0.3, 0.4) is 0 Å². The third-order valence-corrected chi connectivity index (χ3v) is 3.46. The van der Waals surface area contributed by atoms with Gasteiger partial charge in [-0.3, -0.25) is 4.79 Å². The molecule has 0 heterocycles. The lowest BCUT2D eigenvalue weighted by molar-refractivity contribution is -0.134. The number of hydrogen-bond donors (Lipinski definition) is 0. The maximum Gasteiger partial charge on any atom is 0.311 e. The molecule has 0 unspecified atom stereocenters. The fourth-order valence-electron chi connectivity index (χ4n) is 2.30. The normalized spacial score (nSPS) is 10.1. The van der Waals surface area contributed by atoms with Crippen LogP contribution in [0.1, 0.15) is 18.9 Å². The Morgan fingerprint density at radius 2 is 1.71 bits per heavy atom. The number of para-hydroxylation sites is 2. The summed E-state index contributed by atoms with van der Waals surface area (Å²) < 4.78 is 21.4. The summed E-state index contributed by atoms with van der Waals surface area (Å²) in [6.07, 6.45) is 0.722. The van der Waals surface area contributed by atoms with Crippen molar-refractivity contribution >= 4 is 5.97 Å². The van der Waals surface area contributed by atoms with Crippen molar-refractivity contribution in [2.45, 2.75) is 19.8 Å². The van der Waals surface area contributed by atoms with E-state index in [0.29, 0.717) is 24.5 Å². The van der Waals surface area contributed by atoms with Crippen LogP contribution in [0.2, 0.25) is 0 Å². The lowest BCUT2D eigenvalue weighted by Crippen LogP contribution is -2.10. The topological polar surface area (TPSA) is 54.0 Å². The minimum absolute atomic E-state index is 0.226. The van der Waals surface area contributed by atoms with Crippen LogP contribution < -0.4 is 18.9 Å². The zero-order chi connectivity index (χ0) is 17.4. The molecular formula is C19H22O5. The molecule has 0 spiro atoms. The molecule has 0 radical (unpaired) electrons. The van der Waals surface area contributed by atoms with Crippen molar-refractivity contribution in [3.63, 3.8) is 0 Å². The van der Waals surface area contributed by atoms with Crippen LogP contribution in [-0.4, -0.2) is 26.8 Å². The highest BCUT2D eigenvalue weighted by Gasteiger charge is 2.12. The molecule has 0 aromatic heterocycles. The van der Waals surface area contributed by atoms with E-state index in [-0.39, 0.29) is 12.4 Å². The number of ether oxygens (including phenoxy) is 4. The van der Waals surface area contributed by atoms with Crippen LogP contribution in [0.25, 0.3) is 0 Å². The molecule has 0 aliphatic heterocycles. The van der Waals surface area contributed by atoms with E-state index in [0.717, 1.165) is 17.1 Å². The molecule has 0 bridgehead atoms. The highest BCUT2D eigenvalue weighted by Crippen LogP contribution is 2.28. The van der Waals surface area contributed by atoms with E-state index in [1.54, 1.807) is 32.4 Å². The predicted octanol–water partition coefficient (Wildman–Crippen LogP) is 3.64. The fourth-order valence-corrected chi connectivity index (χ4v) is 2.30. The largest absolute Gasteiger partial charge is 0.497 e. The number of carbonyl (C=O) groups is 1. The van der Waals surface area contributed by atoms with Crippen molar-refractivity contribution in [2.75, 3.05) is 20.8 Å². The van der Waals surface area contributed by atoms with Crippen LogP contribution in [0, 0.1) is 0 Å². The Morgan fingerprint density at radius 1 is 0.958 bits per heavy atom. The number of methoxy groups -OCH3 is 2. The number of carbonyl (C=O) groups excluding carboxylic acids is 1. The summed E-state index contributed by atoms with van der Waals surface area (Å²) in [5.41, 5.74) is 0.895. The second-order valence-corrected chi connectivity index (χ2v) is 5.03. The SMILES string of the molecule is CCOc1ccccc1OC(=O)CCc1cc(OC)ccc1OC. The van der Waals surface area contributed by atoms with Gasteiger partial charge in [-0.2, -0.15) is 0 Å². The van der Waals surface area contributed by atoms with Crippen LogP contribution in [0.5, 0.6) is 23.0 Å². The lowest BCUT2D eigenvalue weighted by Gasteiger charge is -2.12. The van der Waals surface area contributed by atoms with E-state index in [1.165, 1.54) is 0 Å². The average molecular weight is 330 g/mol. The van der Waals surface area contributed by atoms with Gasteiger partial charge in [0.05, 0.1) is 27.2 Å². The van der Waals surface area contributed by atoms with E-state index in [1.807, 2.05) is 31.2 Å². The third-order valence-electron chi connectivity index (χ3n) is 3.46. The molecule has 0 atom stereocenters. The van der Waals surface area contributed by atoms with Gasteiger partial charge in [0.25, 0.3) is 0 Å². The second kappa shape index (κ2) is 8.82. The maximum atomic E-state index is 12.1. The van der Waals surface area contributed by atoms with Gasteiger partial charge in [0.2, 0.25) is 0 Å². The van der Waals surface area contributed by atoms with Crippen LogP contribution in [0.4, 0.5) is 0 Å². The van der Waals surface area contributed by atoms with E-state index >= 15 is 0 Å². The van der Waals surface area contributed by atoms with Gasteiger partial charge in [0, 0.05) is 0 Å². The van der Waals surface area contributed by atoms with E-state index in [4.69, 9.17) is 18.9 Å². The standard InChI is InChI=1S/C19H22O5/c1-4-23-17-7-5-6-8-18(17)24-19(20)12-9-14-13-15(21-2)10-11-16(14)22-3/h5-8,10-11,13H,4,9,12H2,1-3H3. The van der Waals surface area contributed by atoms with E-state index in [9.17, 15) is 4.79 Å². The first kappa shape index (κ1) is 17.7. The molecule has 2 aromatic carbocycles. The number of aryl methyl sites for hydroxylation is 1. The van der Waals surface area contributed by atoms with E-state index < -0.39 is 0 Å². The monoisotopic (exact) mass is 330 g/mol.